The molecule has 1 aromatic rings. The van der Waals surface area contributed by atoms with E-state index >= 15 is 0 Å². The number of hydrogen-bond donors (Lipinski definition) is 1. The topological polar surface area (TPSA) is 76.3 Å². The Morgan fingerprint density at radius 2 is 2.40 bits per heavy atom. The van der Waals surface area contributed by atoms with Crippen LogP contribution in [0.1, 0.15) is 25.5 Å². The second kappa shape index (κ2) is 10.8. The highest BCUT2D eigenvalue weighted by molar-refractivity contribution is 5.81. The summed E-state index contributed by atoms with van der Waals surface area (Å²) in [6.45, 7) is 5.66. The van der Waals surface area contributed by atoms with Crippen LogP contribution in [0.3, 0.4) is 0 Å². The van der Waals surface area contributed by atoms with Gasteiger partial charge in [-0.1, -0.05) is 0 Å². The minimum atomic E-state index is -0.112. The van der Waals surface area contributed by atoms with Crippen LogP contribution in [-0.2, 0) is 20.7 Å². The average Bonchev–Trinajstić information content (AvgIpc) is 3.14. The number of carbonyl (C=O) groups excluding carboxylic acids is 1. The van der Waals surface area contributed by atoms with Crippen LogP contribution in [0, 0.1) is 5.92 Å². The lowest BCUT2D eigenvalue weighted by molar-refractivity contribution is -0.149. The number of nitrogens with one attached hydrogen (secondary N) is 1. The third-order valence-electron chi connectivity index (χ3n) is 4.13. The Bertz CT molecular complexity index is 530. The average molecular weight is 351 g/mol. The maximum atomic E-state index is 12.1. The molecular weight excluding hydrogens is 322 g/mol. The summed E-state index contributed by atoms with van der Waals surface area (Å²) in [6, 6.07) is 3.85. The number of furan rings is 1. The van der Waals surface area contributed by atoms with Gasteiger partial charge >= 0.3 is 5.97 Å². The van der Waals surface area contributed by atoms with Gasteiger partial charge in [0.05, 0.1) is 31.9 Å². The highest BCUT2D eigenvalue weighted by atomic mass is 16.5. The molecule has 0 amide bonds. The van der Waals surface area contributed by atoms with Crippen molar-refractivity contribution >= 4 is 11.9 Å². The second-order valence-electron chi connectivity index (χ2n) is 5.99. The number of esters is 1. The molecule has 0 radical (unpaired) electrons. The van der Waals surface area contributed by atoms with Crippen molar-refractivity contribution in [1.82, 2.24) is 10.2 Å². The van der Waals surface area contributed by atoms with Gasteiger partial charge in [0.2, 0.25) is 0 Å². The predicted molar refractivity (Wildman–Crippen MR) is 95.5 cm³/mol. The van der Waals surface area contributed by atoms with Gasteiger partial charge in [-0.2, -0.15) is 0 Å². The summed E-state index contributed by atoms with van der Waals surface area (Å²) in [4.78, 5) is 18.8. The molecular formula is C18H29N3O4. The summed E-state index contributed by atoms with van der Waals surface area (Å²) >= 11 is 0. The predicted octanol–water partition coefficient (Wildman–Crippen LogP) is 1.69. The fourth-order valence-electron chi connectivity index (χ4n) is 2.88. The summed E-state index contributed by atoms with van der Waals surface area (Å²) in [6.07, 6.45) is 4.28. The fourth-order valence-corrected chi connectivity index (χ4v) is 2.88. The van der Waals surface area contributed by atoms with Crippen molar-refractivity contribution in [3.8, 4) is 0 Å². The van der Waals surface area contributed by atoms with E-state index in [0.717, 1.165) is 44.1 Å². The van der Waals surface area contributed by atoms with Gasteiger partial charge in [0, 0.05) is 33.2 Å². The van der Waals surface area contributed by atoms with Crippen molar-refractivity contribution in [2.24, 2.45) is 10.9 Å². The van der Waals surface area contributed by atoms with Crippen molar-refractivity contribution in [1.29, 1.82) is 0 Å². The molecule has 2 rings (SSSR count). The molecule has 1 aromatic heterocycles. The van der Waals surface area contributed by atoms with Crippen LogP contribution in [0.5, 0.6) is 0 Å². The highest BCUT2D eigenvalue weighted by Gasteiger charge is 2.28. The van der Waals surface area contributed by atoms with Crippen molar-refractivity contribution in [3.05, 3.63) is 24.2 Å². The zero-order valence-corrected chi connectivity index (χ0v) is 15.2. The number of ether oxygens (including phenoxy) is 2. The molecule has 25 heavy (non-hydrogen) atoms. The smallest absolute Gasteiger partial charge is 0.310 e. The van der Waals surface area contributed by atoms with Crippen LogP contribution < -0.4 is 5.32 Å². The fraction of sp³-hybridized carbons (Fsp3) is 0.667. The lowest BCUT2D eigenvalue weighted by Gasteiger charge is -2.34. The van der Waals surface area contributed by atoms with Crippen LogP contribution in [0.2, 0.25) is 0 Å². The zero-order valence-electron chi connectivity index (χ0n) is 15.2. The molecule has 1 atom stereocenters. The molecule has 140 valence electrons. The van der Waals surface area contributed by atoms with Crippen LogP contribution >= 0.6 is 0 Å². The first-order chi connectivity index (χ1) is 12.2. The Kier molecular flexibility index (Phi) is 8.31. The number of piperidine rings is 1. The Morgan fingerprint density at radius 1 is 1.52 bits per heavy atom. The van der Waals surface area contributed by atoms with Crippen LogP contribution in [-0.4, -0.2) is 63.3 Å². The molecule has 7 heteroatoms. The summed E-state index contributed by atoms with van der Waals surface area (Å²) in [7, 11) is 1.66. The molecule has 1 unspecified atom stereocenters. The molecule has 1 aliphatic rings. The number of rotatable bonds is 8. The Balaban J connectivity index is 1.93. The zero-order chi connectivity index (χ0) is 17.9. The minimum absolute atomic E-state index is 0.0896. The molecule has 0 spiro atoms. The number of aliphatic imine (C=N–C) groups is 1. The number of carbonyl (C=O) groups is 1. The number of methoxy groups -OCH3 is 1. The first-order valence-electron chi connectivity index (χ1n) is 8.95. The maximum absolute atomic E-state index is 12.1. The van der Waals surface area contributed by atoms with Gasteiger partial charge in [-0.15, -0.1) is 0 Å². The SMILES string of the molecule is CCOC(=O)C1CCCN(C(=NCCOC)NCCc2ccco2)C1. The third-order valence-corrected chi connectivity index (χ3v) is 4.13. The molecule has 0 saturated carbocycles. The molecule has 1 N–H and O–H groups in total. The van der Waals surface area contributed by atoms with Crippen LogP contribution in [0.4, 0.5) is 0 Å². The van der Waals surface area contributed by atoms with E-state index in [1.165, 1.54) is 0 Å². The molecule has 1 saturated heterocycles. The molecule has 1 fully saturated rings. The minimum Gasteiger partial charge on any atom is -0.469 e. The standard InChI is InChI=1S/C18H29N3O4/c1-3-24-17(22)15-6-4-11-21(14-15)18(20-10-13-23-2)19-9-8-16-7-5-12-25-16/h5,7,12,15H,3-4,6,8-11,13-14H2,1-2H3,(H,19,20). The van der Waals surface area contributed by atoms with Gasteiger partial charge < -0.3 is 24.1 Å². The number of guanidine groups is 1. The van der Waals surface area contributed by atoms with E-state index in [9.17, 15) is 4.79 Å². The third kappa shape index (κ3) is 6.42. The highest BCUT2D eigenvalue weighted by Crippen LogP contribution is 2.18. The first-order valence-corrected chi connectivity index (χ1v) is 8.95. The van der Waals surface area contributed by atoms with Gasteiger partial charge in [-0.05, 0) is 31.9 Å². The van der Waals surface area contributed by atoms with E-state index in [1.54, 1.807) is 13.4 Å². The number of nitrogens with zero attached hydrogens (tertiary/aromatic N) is 2. The molecule has 7 nitrogen and oxygen atoms in total. The number of likely N-dealkylation sites (tertiary alicyclic amines) is 1. The normalized spacial score (nSPS) is 18.2. The van der Waals surface area contributed by atoms with Gasteiger partial charge in [0.25, 0.3) is 0 Å². The molecule has 0 bridgehead atoms. The maximum Gasteiger partial charge on any atom is 0.310 e. The molecule has 1 aliphatic heterocycles. The van der Waals surface area contributed by atoms with E-state index in [-0.39, 0.29) is 11.9 Å². The van der Waals surface area contributed by atoms with Gasteiger partial charge in [-0.3, -0.25) is 9.79 Å². The monoisotopic (exact) mass is 351 g/mol. The van der Waals surface area contributed by atoms with Crippen LogP contribution in [0.15, 0.2) is 27.8 Å². The molecule has 0 aliphatic carbocycles. The lowest BCUT2D eigenvalue weighted by Crippen LogP contribution is -2.48. The largest absolute Gasteiger partial charge is 0.469 e. The Labute approximate surface area is 149 Å². The summed E-state index contributed by atoms with van der Waals surface area (Å²) in [5.74, 6) is 1.55. The van der Waals surface area contributed by atoms with E-state index in [2.05, 4.69) is 15.2 Å². The quantitative estimate of drug-likeness (QED) is 0.332. The van der Waals surface area contributed by atoms with E-state index in [4.69, 9.17) is 13.9 Å². The molecule has 0 aromatic carbocycles. The van der Waals surface area contributed by atoms with E-state index in [0.29, 0.717) is 26.3 Å². The van der Waals surface area contributed by atoms with Crippen molar-refractivity contribution in [2.75, 3.05) is 46.5 Å². The van der Waals surface area contributed by atoms with Gasteiger partial charge in [0.1, 0.15) is 5.76 Å². The van der Waals surface area contributed by atoms with Gasteiger partial charge in [0.15, 0.2) is 5.96 Å². The lowest BCUT2D eigenvalue weighted by atomic mass is 9.98. The van der Waals surface area contributed by atoms with Crippen LogP contribution in [0.25, 0.3) is 0 Å². The van der Waals surface area contributed by atoms with E-state index < -0.39 is 0 Å². The number of hydrogen-bond acceptors (Lipinski definition) is 5. The van der Waals surface area contributed by atoms with E-state index in [1.807, 2.05) is 19.1 Å². The van der Waals surface area contributed by atoms with Gasteiger partial charge in [-0.25, -0.2) is 0 Å². The summed E-state index contributed by atoms with van der Waals surface area (Å²) in [5.41, 5.74) is 0. The summed E-state index contributed by atoms with van der Waals surface area (Å²) in [5, 5.41) is 3.39. The van der Waals surface area contributed by atoms with Crippen molar-refractivity contribution in [2.45, 2.75) is 26.2 Å². The van der Waals surface area contributed by atoms with Crippen molar-refractivity contribution in [3.63, 3.8) is 0 Å². The summed E-state index contributed by atoms with van der Waals surface area (Å²) < 4.78 is 15.6. The van der Waals surface area contributed by atoms with Crippen molar-refractivity contribution < 1.29 is 18.7 Å². The second-order valence-corrected chi connectivity index (χ2v) is 5.99. The first kappa shape index (κ1) is 19.3. The Morgan fingerprint density at radius 3 is 3.12 bits per heavy atom. The Hall–Kier alpha value is -2.02. The molecule has 2 heterocycles.